The number of fused-ring (bicyclic) bond motifs is 1. The predicted octanol–water partition coefficient (Wildman–Crippen LogP) is 0.924. The molecule has 2 rings (SSSR count). The first kappa shape index (κ1) is 19.7. The van der Waals surface area contributed by atoms with Crippen molar-refractivity contribution >= 4 is 29.6 Å². The number of carboxylic acid groups (broad SMARTS) is 1. The Labute approximate surface area is 150 Å². The molecule has 2 N–H and O–H groups in total. The van der Waals surface area contributed by atoms with E-state index < -0.39 is 24.3 Å². The first-order chi connectivity index (χ1) is 11.9. The molecule has 1 saturated heterocycles. The molecule has 8 nitrogen and oxygen atoms in total. The molecule has 25 heavy (non-hydrogen) atoms. The lowest BCUT2D eigenvalue weighted by Crippen LogP contribution is -2.66. The smallest absolute Gasteiger partial charge is 0.352 e. The number of β-lactam (4-membered cyclic amide) rings is 1. The largest absolute Gasteiger partial charge is 0.477 e. The number of hydrogen-bond acceptors (Lipinski definition) is 7. The molecule has 0 aromatic carbocycles. The van der Waals surface area contributed by atoms with Gasteiger partial charge in [0.05, 0.1) is 0 Å². The van der Waals surface area contributed by atoms with Crippen molar-refractivity contribution in [1.82, 2.24) is 10.2 Å². The van der Waals surface area contributed by atoms with E-state index in [1.807, 2.05) is 0 Å². The maximum atomic E-state index is 12.2. The molecule has 2 heterocycles. The van der Waals surface area contributed by atoms with Crippen LogP contribution in [0.5, 0.6) is 0 Å². The average molecular weight is 372 g/mol. The second-order valence-electron chi connectivity index (χ2n) is 5.90. The number of ether oxygens (including phenoxy) is 2. The van der Waals surface area contributed by atoms with E-state index in [0.717, 1.165) is 19.3 Å². The summed E-state index contributed by atoms with van der Waals surface area (Å²) < 4.78 is 10.4. The van der Waals surface area contributed by atoms with Gasteiger partial charge in [-0.3, -0.25) is 19.8 Å². The molecule has 0 aromatic heterocycles. The fourth-order valence-electron chi connectivity index (χ4n) is 2.90. The predicted molar refractivity (Wildman–Crippen MR) is 91.6 cm³/mol. The SMILES string of the molecule is CCCCCNC(OC(C)=O)C1=C(C(=O)O)N2C(=O)[C@H](OC)[C@H]2SC1. The summed E-state index contributed by atoms with van der Waals surface area (Å²) in [5.41, 5.74) is 0.277. The molecule has 2 aliphatic rings. The molecule has 0 bridgehead atoms. The molecular weight excluding hydrogens is 348 g/mol. The molecule has 9 heteroatoms. The fourth-order valence-corrected chi connectivity index (χ4v) is 4.30. The van der Waals surface area contributed by atoms with Gasteiger partial charge in [0, 0.05) is 25.4 Å². The Bertz CT molecular complexity index is 579. The summed E-state index contributed by atoms with van der Waals surface area (Å²) in [6.07, 6.45) is 1.45. The molecule has 1 fully saturated rings. The molecule has 2 aliphatic heterocycles. The lowest BCUT2D eigenvalue weighted by Gasteiger charge is -2.49. The van der Waals surface area contributed by atoms with Crippen LogP contribution in [-0.4, -0.2) is 65.0 Å². The highest BCUT2D eigenvalue weighted by Gasteiger charge is 2.54. The Morgan fingerprint density at radius 3 is 2.72 bits per heavy atom. The fraction of sp³-hybridized carbons (Fsp3) is 0.688. The lowest BCUT2D eigenvalue weighted by atomic mass is 10.0. The van der Waals surface area contributed by atoms with E-state index in [4.69, 9.17) is 9.47 Å². The maximum Gasteiger partial charge on any atom is 0.352 e. The minimum absolute atomic E-state index is 0.115. The molecular formula is C16H24N2O6S. The molecule has 3 atom stereocenters. The van der Waals surface area contributed by atoms with Gasteiger partial charge in [0.15, 0.2) is 12.3 Å². The number of amides is 1. The van der Waals surface area contributed by atoms with Crippen molar-refractivity contribution in [3.05, 3.63) is 11.3 Å². The molecule has 0 aromatic rings. The van der Waals surface area contributed by atoms with Crippen LogP contribution in [0.25, 0.3) is 0 Å². The third kappa shape index (κ3) is 4.16. The van der Waals surface area contributed by atoms with Gasteiger partial charge < -0.3 is 14.6 Å². The molecule has 140 valence electrons. The summed E-state index contributed by atoms with van der Waals surface area (Å²) in [6, 6.07) is 0. The van der Waals surface area contributed by atoms with Crippen LogP contribution in [0.4, 0.5) is 0 Å². The number of nitrogens with zero attached hydrogens (tertiary/aromatic N) is 1. The van der Waals surface area contributed by atoms with E-state index in [9.17, 15) is 19.5 Å². The zero-order chi connectivity index (χ0) is 18.6. The number of aliphatic carboxylic acids is 1. The molecule has 0 spiro atoms. The topological polar surface area (TPSA) is 105 Å². The Hall–Kier alpha value is -1.58. The second kappa shape index (κ2) is 8.68. The highest BCUT2D eigenvalue weighted by molar-refractivity contribution is 8.00. The Morgan fingerprint density at radius 2 is 2.16 bits per heavy atom. The van der Waals surface area contributed by atoms with Gasteiger partial charge in [0.25, 0.3) is 5.91 Å². The van der Waals surface area contributed by atoms with Crippen LogP contribution >= 0.6 is 11.8 Å². The lowest BCUT2D eigenvalue weighted by molar-refractivity contribution is -0.162. The Morgan fingerprint density at radius 1 is 1.44 bits per heavy atom. The van der Waals surface area contributed by atoms with E-state index >= 15 is 0 Å². The van der Waals surface area contributed by atoms with Crippen LogP contribution in [0.1, 0.15) is 33.1 Å². The number of thioether (sulfide) groups is 1. The number of carbonyl (C=O) groups is 3. The van der Waals surface area contributed by atoms with Crippen LogP contribution in [-0.2, 0) is 23.9 Å². The number of carboxylic acids is 1. The van der Waals surface area contributed by atoms with Gasteiger partial charge in [-0.25, -0.2) is 4.79 Å². The summed E-state index contributed by atoms with van der Waals surface area (Å²) >= 11 is 1.41. The van der Waals surface area contributed by atoms with Crippen molar-refractivity contribution in [3.63, 3.8) is 0 Å². The summed E-state index contributed by atoms with van der Waals surface area (Å²) in [4.78, 5) is 36.7. The number of nitrogens with one attached hydrogen (secondary N) is 1. The number of rotatable bonds is 9. The van der Waals surface area contributed by atoms with Gasteiger partial charge in [0.2, 0.25) is 0 Å². The van der Waals surface area contributed by atoms with Crippen molar-refractivity contribution in [2.75, 3.05) is 19.4 Å². The van der Waals surface area contributed by atoms with Gasteiger partial charge in [-0.05, 0) is 13.0 Å². The number of carbonyl (C=O) groups excluding carboxylic acids is 2. The van der Waals surface area contributed by atoms with Gasteiger partial charge in [-0.1, -0.05) is 19.8 Å². The molecule has 1 amide bonds. The van der Waals surface area contributed by atoms with E-state index in [2.05, 4.69) is 12.2 Å². The third-order valence-electron chi connectivity index (χ3n) is 4.12. The minimum atomic E-state index is -1.21. The zero-order valence-corrected chi connectivity index (χ0v) is 15.4. The van der Waals surface area contributed by atoms with Gasteiger partial charge in [-0.15, -0.1) is 11.8 Å². The third-order valence-corrected chi connectivity index (χ3v) is 5.39. The van der Waals surface area contributed by atoms with E-state index in [0.29, 0.717) is 17.9 Å². The molecule has 0 aliphatic carbocycles. The van der Waals surface area contributed by atoms with E-state index in [1.54, 1.807) is 0 Å². The van der Waals surface area contributed by atoms with Crippen LogP contribution < -0.4 is 5.32 Å². The van der Waals surface area contributed by atoms with Crippen molar-refractivity contribution in [2.45, 2.75) is 50.8 Å². The number of methoxy groups -OCH3 is 1. The Balaban J connectivity index is 2.26. The first-order valence-corrected chi connectivity index (χ1v) is 9.31. The maximum absolute atomic E-state index is 12.2. The van der Waals surface area contributed by atoms with Crippen LogP contribution in [0.2, 0.25) is 0 Å². The molecule has 1 unspecified atom stereocenters. The van der Waals surface area contributed by atoms with Crippen molar-refractivity contribution < 1.29 is 29.0 Å². The zero-order valence-electron chi connectivity index (χ0n) is 14.6. The standard InChI is InChI=1S/C16H24N2O6S/c1-4-5-6-7-17-13(24-9(2)19)10-8-25-15-12(23-3)14(20)18(15)11(10)16(21)22/h12-13,15,17H,4-8H2,1-3H3,(H,21,22)/t12-,13?,15+/m0/s1. The van der Waals surface area contributed by atoms with Gasteiger partial charge in [-0.2, -0.15) is 0 Å². The normalized spacial score (nSPS) is 23.8. The highest BCUT2D eigenvalue weighted by Crippen LogP contribution is 2.42. The minimum Gasteiger partial charge on any atom is -0.477 e. The van der Waals surface area contributed by atoms with Crippen LogP contribution in [0.3, 0.4) is 0 Å². The average Bonchev–Trinajstić information content (AvgIpc) is 2.56. The summed E-state index contributed by atoms with van der Waals surface area (Å²) in [5, 5.41) is 12.4. The summed E-state index contributed by atoms with van der Waals surface area (Å²) in [5.74, 6) is -1.77. The second-order valence-corrected chi connectivity index (χ2v) is 7.00. The van der Waals surface area contributed by atoms with Crippen LogP contribution in [0, 0.1) is 0 Å². The number of unbranched alkanes of at least 4 members (excludes halogenated alkanes) is 2. The van der Waals surface area contributed by atoms with Crippen LogP contribution in [0.15, 0.2) is 11.3 Å². The van der Waals surface area contributed by atoms with Gasteiger partial charge >= 0.3 is 11.9 Å². The summed E-state index contributed by atoms with van der Waals surface area (Å²) in [6.45, 7) is 3.94. The van der Waals surface area contributed by atoms with E-state index in [-0.39, 0.29) is 17.0 Å². The van der Waals surface area contributed by atoms with Crippen molar-refractivity contribution in [1.29, 1.82) is 0 Å². The summed E-state index contributed by atoms with van der Waals surface area (Å²) in [7, 11) is 1.43. The molecule has 0 saturated carbocycles. The highest BCUT2D eigenvalue weighted by atomic mass is 32.2. The Kier molecular flexibility index (Phi) is 6.86. The first-order valence-electron chi connectivity index (χ1n) is 8.26. The molecule has 0 radical (unpaired) electrons. The monoisotopic (exact) mass is 372 g/mol. The van der Waals surface area contributed by atoms with E-state index in [1.165, 1.54) is 30.7 Å². The van der Waals surface area contributed by atoms with Gasteiger partial charge in [0.1, 0.15) is 11.1 Å². The van der Waals surface area contributed by atoms with Crippen molar-refractivity contribution in [3.8, 4) is 0 Å². The number of hydrogen-bond donors (Lipinski definition) is 2. The van der Waals surface area contributed by atoms with Crippen molar-refractivity contribution in [2.24, 2.45) is 0 Å². The quantitative estimate of drug-likeness (QED) is 0.266. The number of esters is 1.